The molecule has 17 heavy (non-hydrogen) atoms. The molecule has 0 spiro atoms. The van der Waals surface area contributed by atoms with E-state index in [1.54, 1.807) is 6.92 Å². The Kier molecular flexibility index (Phi) is 4.40. The van der Waals surface area contributed by atoms with Crippen molar-refractivity contribution in [1.82, 2.24) is 0 Å². The predicted molar refractivity (Wildman–Crippen MR) is 59.5 cm³/mol. The molecule has 1 atom stereocenters. The highest BCUT2D eigenvalue weighted by Gasteiger charge is 2.57. The Bertz CT molecular complexity index is 316. The number of carbonyl (C=O) groups is 3. The molecule has 0 bridgehead atoms. The Morgan fingerprint density at radius 1 is 1.29 bits per heavy atom. The van der Waals surface area contributed by atoms with Gasteiger partial charge in [-0.3, -0.25) is 14.4 Å². The third kappa shape index (κ3) is 2.24. The summed E-state index contributed by atoms with van der Waals surface area (Å²) in [6.45, 7) is 1.77. The summed E-state index contributed by atoms with van der Waals surface area (Å²) in [6.07, 6.45) is 0.387. The molecule has 1 fully saturated rings. The molecule has 0 amide bonds. The molecule has 1 rings (SSSR count). The Hall–Kier alpha value is -1.23. The highest BCUT2D eigenvalue weighted by molar-refractivity contribution is 6.22. The molecule has 5 nitrogen and oxygen atoms in total. The van der Waals surface area contributed by atoms with Crippen molar-refractivity contribution >= 4 is 17.5 Å². The number of rotatable bonds is 4. The maximum absolute atomic E-state index is 11.9. The van der Waals surface area contributed by atoms with Crippen LogP contribution in [-0.2, 0) is 14.4 Å². The summed E-state index contributed by atoms with van der Waals surface area (Å²) < 4.78 is 0. The van der Waals surface area contributed by atoms with Crippen LogP contribution >= 0.6 is 0 Å². The number of aliphatic hydroxyl groups is 1. The normalized spacial score (nSPS) is 22.0. The molecule has 0 radical (unpaired) electrons. The van der Waals surface area contributed by atoms with Gasteiger partial charge < -0.3 is 10.2 Å². The summed E-state index contributed by atoms with van der Waals surface area (Å²) in [4.78, 5) is 35.3. The van der Waals surface area contributed by atoms with Gasteiger partial charge in [-0.05, 0) is 19.3 Å². The third-order valence-electron chi connectivity index (χ3n) is 3.34. The smallest absolute Gasteiger partial charge is 0.327 e. The van der Waals surface area contributed by atoms with Crippen molar-refractivity contribution in [3.63, 3.8) is 0 Å². The van der Waals surface area contributed by atoms with Crippen LogP contribution in [-0.4, -0.2) is 33.9 Å². The first-order valence-electron chi connectivity index (χ1n) is 5.96. The van der Waals surface area contributed by atoms with E-state index in [0.717, 1.165) is 0 Å². The van der Waals surface area contributed by atoms with Crippen LogP contribution in [0.25, 0.3) is 0 Å². The SMILES string of the molecule is CCCC(O)C1(C(=O)O)C(=O)CCCCC1=O. The summed E-state index contributed by atoms with van der Waals surface area (Å²) in [5, 5.41) is 19.2. The molecule has 0 aromatic carbocycles. The fraction of sp³-hybridized carbons (Fsp3) is 0.750. The van der Waals surface area contributed by atoms with Crippen molar-refractivity contribution in [2.75, 3.05) is 0 Å². The van der Waals surface area contributed by atoms with Crippen LogP contribution in [0.15, 0.2) is 0 Å². The van der Waals surface area contributed by atoms with Gasteiger partial charge in [0.2, 0.25) is 5.41 Å². The molecule has 5 heteroatoms. The second-order valence-electron chi connectivity index (χ2n) is 4.47. The van der Waals surface area contributed by atoms with Gasteiger partial charge in [0.05, 0.1) is 6.10 Å². The molecule has 0 saturated heterocycles. The van der Waals surface area contributed by atoms with Crippen LogP contribution in [0.5, 0.6) is 0 Å². The summed E-state index contributed by atoms with van der Waals surface area (Å²) in [5.41, 5.74) is -2.22. The molecule has 1 aliphatic rings. The first-order valence-corrected chi connectivity index (χ1v) is 5.96. The molecule has 2 N–H and O–H groups in total. The van der Waals surface area contributed by atoms with Crippen molar-refractivity contribution in [1.29, 1.82) is 0 Å². The zero-order valence-corrected chi connectivity index (χ0v) is 9.94. The minimum atomic E-state index is -2.22. The van der Waals surface area contributed by atoms with E-state index in [9.17, 15) is 24.6 Å². The summed E-state index contributed by atoms with van der Waals surface area (Å²) >= 11 is 0. The van der Waals surface area contributed by atoms with Gasteiger partial charge in [-0.1, -0.05) is 13.3 Å². The van der Waals surface area contributed by atoms with E-state index in [-0.39, 0.29) is 19.3 Å². The molecule has 1 aliphatic carbocycles. The van der Waals surface area contributed by atoms with E-state index in [0.29, 0.717) is 19.3 Å². The number of hydrogen-bond donors (Lipinski definition) is 2. The van der Waals surface area contributed by atoms with E-state index in [4.69, 9.17) is 0 Å². The van der Waals surface area contributed by atoms with Gasteiger partial charge in [0.15, 0.2) is 11.6 Å². The lowest BCUT2D eigenvalue weighted by Gasteiger charge is -2.29. The van der Waals surface area contributed by atoms with Crippen LogP contribution in [0.1, 0.15) is 45.4 Å². The zero-order valence-electron chi connectivity index (χ0n) is 9.94. The van der Waals surface area contributed by atoms with Crippen molar-refractivity contribution < 1.29 is 24.6 Å². The van der Waals surface area contributed by atoms with Crippen molar-refractivity contribution in [2.45, 2.75) is 51.6 Å². The standard InChI is InChI=1S/C12H18O5/c1-2-5-8(13)12(11(16)17)9(14)6-3-4-7-10(12)15/h8,13H,2-7H2,1H3,(H,16,17). The zero-order chi connectivity index (χ0) is 13.1. The number of aliphatic carboxylic acids is 1. The molecular weight excluding hydrogens is 224 g/mol. The Labute approximate surface area is 99.8 Å². The maximum Gasteiger partial charge on any atom is 0.327 e. The van der Waals surface area contributed by atoms with E-state index in [2.05, 4.69) is 0 Å². The van der Waals surface area contributed by atoms with Gasteiger partial charge in [0.25, 0.3) is 0 Å². The summed E-state index contributed by atoms with van der Waals surface area (Å²) in [5.74, 6) is -2.79. The number of carboxylic acids is 1. The Morgan fingerprint density at radius 3 is 2.12 bits per heavy atom. The number of Topliss-reactive ketones (excluding diaryl/α,β-unsaturated/α-hetero) is 2. The molecule has 0 aromatic rings. The lowest BCUT2D eigenvalue weighted by molar-refractivity contribution is -0.168. The van der Waals surface area contributed by atoms with E-state index >= 15 is 0 Å². The number of carboxylic acid groups (broad SMARTS) is 1. The molecule has 96 valence electrons. The van der Waals surface area contributed by atoms with Gasteiger partial charge in [0, 0.05) is 12.8 Å². The number of ketones is 2. The number of aliphatic hydroxyl groups excluding tert-OH is 1. The second-order valence-corrected chi connectivity index (χ2v) is 4.47. The molecule has 0 aliphatic heterocycles. The van der Waals surface area contributed by atoms with Crippen LogP contribution in [0.2, 0.25) is 0 Å². The molecule has 1 saturated carbocycles. The lowest BCUT2D eigenvalue weighted by Crippen LogP contribution is -2.54. The largest absolute Gasteiger partial charge is 0.480 e. The highest BCUT2D eigenvalue weighted by atomic mass is 16.4. The van der Waals surface area contributed by atoms with Crippen molar-refractivity contribution in [3.8, 4) is 0 Å². The van der Waals surface area contributed by atoms with E-state index < -0.39 is 29.1 Å². The molecular formula is C12H18O5. The number of carbonyl (C=O) groups excluding carboxylic acids is 2. The van der Waals surface area contributed by atoms with Gasteiger partial charge >= 0.3 is 5.97 Å². The average molecular weight is 242 g/mol. The fourth-order valence-corrected chi connectivity index (χ4v) is 2.36. The van der Waals surface area contributed by atoms with Gasteiger partial charge in [-0.2, -0.15) is 0 Å². The monoisotopic (exact) mass is 242 g/mol. The second kappa shape index (κ2) is 5.40. The number of hydrogen-bond acceptors (Lipinski definition) is 4. The quantitative estimate of drug-likeness (QED) is 0.565. The fourth-order valence-electron chi connectivity index (χ4n) is 2.36. The maximum atomic E-state index is 11.9. The first-order chi connectivity index (χ1) is 7.97. The van der Waals surface area contributed by atoms with E-state index in [1.165, 1.54) is 0 Å². The van der Waals surface area contributed by atoms with Crippen molar-refractivity contribution in [2.24, 2.45) is 5.41 Å². The molecule has 1 unspecified atom stereocenters. The van der Waals surface area contributed by atoms with E-state index in [1.807, 2.05) is 0 Å². The third-order valence-corrected chi connectivity index (χ3v) is 3.34. The minimum Gasteiger partial charge on any atom is -0.480 e. The Morgan fingerprint density at radius 2 is 1.76 bits per heavy atom. The molecule has 0 heterocycles. The van der Waals surface area contributed by atoms with Crippen molar-refractivity contribution in [3.05, 3.63) is 0 Å². The van der Waals surface area contributed by atoms with Gasteiger partial charge in [0.1, 0.15) is 0 Å². The first kappa shape index (κ1) is 13.8. The Balaban J connectivity index is 3.21. The van der Waals surface area contributed by atoms with Crippen LogP contribution in [0.3, 0.4) is 0 Å². The highest BCUT2D eigenvalue weighted by Crippen LogP contribution is 2.35. The van der Waals surface area contributed by atoms with Gasteiger partial charge in [-0.15, -0.1) is 0 Å². The average Bonchev–Trinajstić information content (AvgIpc) is 2.38. The summed E-state index contributed by atoms with van der Waals surface area (Å²) in [6, 6.07) is 0. The topological polar surface area (TPSA) is 91.7 Å². The predicted octanol–water partition coefficient (Wildman–Crippen LogP) is 0.931. The van der Waals surface area contributed by atoms with Crippen LogP contribution in [0.4, 0.5) is 0 Å². The van der Waals surface area contributed by atoms with Crippen LogP contribution < -0.4 is 0 Å². The lowest BCUT2D eigenvalue weighted by atomic mass is 9.72. The molecule has 0 aromatic heterocycles. The summed E-state index contributed by atoms with van der Waals surface area (Å²) in [7, 11) is 0. The minimum absolute atomic E-state index is 0.0544. The van der Waals surface area contributed by atoms with Crippen LogP contribution in [0, 0.1) is 5.41 Å². The van der Waals surface area contributed by atoms with Gasteiger partial charge in [-0.25, -0.2) is 0 Å².